The lowest BCUT2D eigenvalue weighted by atomic mass is 10.2. The molecule has 0 aliphatic heterocycles. The molecule has 0 spiro atoms. The lowest BCUT2D eigenvalue weighted by Crippen LogP contribution is -2.09. The van der Waals surface area contributed by atoms with Crippen LogP contribution < -0.4 is 4.18 Å². The highest BCUT2D eigenvalue weighted by Gasteiger charge is 2.17. The molecule has 102 valence electrons. The lowest BCUT2D eigenvalue weighted by molar-refractivity contribution is 0.486. The summed E-state index contributed by atoms with van der Waals surface area (Å²) < 4.78 is 29.2. The van der Waals surface area contributed by atoms with E-state index in [1.807, 2.05) is 6.92 Å². The van der Waals surface area contributed by atoms with Gasteiger partial charge in [0.25, 0.3) is 0 Å². The fraction of sp³-hybridized carbons (Fsp3) is 0.0769. The molecule has 0 bridgehead atoms. The third kappa shape index (κ3) is 3.09. The average Bonchev–Trinajstić information content (AvgIpc) is 2.41. The van der Waals surface area contributed by atoms with Gasteiger partial charge in [0.05, 0.1) is 5.69 Å². The van der Waals surface area contributed by atoms with E-state index in [2.05, 4.69) is 10.0 Å². The van der Waals surface area contributed by atoms with Gasteiger partial charge < -0.3 is 4.18 Å². The minimum atomic E-state index is -3.95. The van der Waals surface area contributed by atoms with Crippen LogP contribution in [0, 0.1) is 6.92 Å². The Labute approximate surface area is 116 Å². The Morgan fingerprint density at radius 3 is 2.40 bits per heavy atom. The molecule has 0 aromatic heterocycles. The van der Waals surface area contributed by atoms with E-state index >= 15 is 0 Å². The van der Waals surface area contributed by atoms with Gasteiger partial charge in [0.15, 0.2) is 5.75 Å². The molecule has 0 unspecified atom stereocenters. The first-order valence-electron chi connectivity index (χ1n) is 5.68. The molecule has 2 aromatic rings. The highest BCUT2D eigenvalue weighted by molar-refractivity contribution is 7.87. The summed E-state index contributed by atoms with van der Waals surface area (Å²) in [5.41, 5.74) is 9.50. The van der Waals surface area contributed by atoms with Crippen molar-refractivity contribution in [3.05, 3.63) is 64.5 Å². The summed E-state index contributed by atoms with van der Waals surface area (Å²) in [4.78, 5) is 2.67. The third-order valence-electron chi connectivity index (χ3n) is 2.53. The van der Waals surface area contributed by atoms with Gasteiger partial charge in [-0.3, -0.25) is 0 Å². The van der Waals surface area contributed by atoms with Gasteiger partial charge in [-0.15, -0.1) is 0 Å². The smallest absolute Gasteiger partial charge is 0.339 e. The summed E-state index contributed by atoms with van der Waals surface area (Å²) >= 11 is 0. The molecule has 0 saturated heterocycles. The molecule has 0 fully saturated rings. The van der Waals surface area contributed by atoms with Crippen LogP contribution in [0.5, 0.6) is 5.75 Å². The molecule has 2 aromatic carbocycles. The molecule has 0 atom stereocenters. The molecule has 0 saturated carbocycles. The van der Waals surface area contributed by atoms with Crippen LogP contribution in [0.2, 0.25) is 0 Å². The quantitative estimate of drug-likeness (QED) is 0.371. The van der Waals surface area contributed by atoms with Crippen LogP contribution in [0.3, 0.4) is 0 Å². The van der Waals surface area contributed by atoms with Crippen molar-refractivity contribution in [2.24, 2.45) is 5.11 Å². The normalized spacial score (nSPS) is 10.7. The number of hydrogen-bond donors (Lipinski definition) is 0. The highest BCUT2D eigenvalue weighted by Crippen LogP contribution is 2.29. The zero-order valence-electron chi connectivity index (χ0n) is 10.6. The van der Waals surface area contributed by atoms with Crippen LogP contribution in [0.25, 0.3) is 10.4 Å². The first-order valence-corrected chi connectivity index (χ1v) is 7.09. The fourth-order valence-corrected chi connectivity index (χ4v) is 2.47. The maximum absolute atomic E-state index is 12.1. The Hall–Kier alpha value is -2.50. The van der Waals surface area contributed by atoms with Gasteiger partial charge in [-0.25, -0.2) is 0 Å². The second kappa shape index (κ2) is 5.64. The maximum atomic E-state index is 12.1. The van der Waals surface area contributed by atoms with Gasteiger partial charge in [0.1, 0.15) is 4.90 Å². The fourth-order valence-electron chi connectivity index (χ4n) is 1.53. The van der Waals surface area contributed by atoms with E-state index in [1.165, 1.54) is 24.3 Å². The maximum Gasteiger partial charge on any atom is 0.339 e. The zero-order valence-corrected chi connectivity index (χ0v) is 11.4. The van der Waals surface area contributed by atoms with E-state index in [1.54, 1.807) is 24.3 Å². The lowest BCUT2D eigenvalue weighted by Gasteiger charge is -2.08. The van der Waals surface area contributed by atoms with E-state index in [9.17, 15) is 8.42 Å². The minimum absolute atomic E-state index is 0.00845. The topological polar surface area (TPSA) is 92.1 Å². The van der Waals surface area contributed by atoms with Gasteiger partial charge in [0.2, 0.25) is 0 Å². The van der Waals surface area contributed by atoms with Crippen LogP contribution in [0.4, 0.5) is 5.69 Å². The monoisotopic (exact) mass is 289 g/mol. The number of aryl methyl sites for hydroxylation is 1. The van der Waals surface area contributed by atoms with Crippen LogP contribution in [-0.4, -0.2) is 8.42 Å². The Morgan fingerprint density at radius 2 is 1.75 bits per heavy atom. The Balaban J connectivity index is 2.38. The zero-order chi connectivity index (χ0) is 14.6. The summed E-state index contributed by atoms with van der Waals surface area (Å²) in [5, 5.41) is 3.39. The second-order valence-electron chi connectivity index (χ2n) is 4.01. The molecule has 2 rings (SSSR count). The van der Waals surface area contributed by atoms with Crippen LogP contribution in [0.1, 0.15) is 5.56 Å². The van der Waals surface area contributed by atoms with Crippen molar-refractivity contribution >= 4 is 15.8 Å². The van der Waals surface area contributed by atoms with Crippen molar-refractivity contribution < 1.29 is 12.6 Å². The summed E-state index contributed by atoms with van der Waals surface area (Å²) in [6.45, 7) is 1.86. The minimum Gasteiger partial charge on any atom is -0.378 e. The molecular formula is C13H11N3O3S. The summed E-state index contributed by atoms with van der Waals surface area (Å²) in [6.07, 6.45) is 0. The Kier molecular flexibility index (Phi) is 3.93. The van der Waals surface area contributed by atoms with Crippen molar-refractivity contribution in [1.82, 2.24) is 0 Å². The molecule has 0 radical (unpaired) electrons. The van der Waals surface area contributed by atoms with Crippen LogP contribution in [-0.2, 0) is 10.1 Å². The van der Waals surface area contributed by atoms with Crippen molar-refractivity contribution in [2.45, 2.75) is 11.8 Å². The standard InChI is InChI=1S/C13H11N3O3S/c1-10-6-8-11(9-7-10)20(17,18)19-13-5-3-2-4-12(13)15-16-14/h2-9H,1H3. The van der Waals surface area contributed by atoms with E-state index in [4.69, 9.17) is 9.71 Å². The van der Waals surface area contributed by atoms with E-state index < -0.39 is 10.1 Å². The molecule has 0 aliphatic carbocycles. The molecule has 20 heavy (non-hydrogen) atoms. The molecule has 0 N–H and O–H groups in total. The third-order valence-corrected chi connectivity index (χ3v) is 3.78. The molecule has 7 heteroatoms. The summed E-state index contributed by atoms with van der Waals surface area (Å²) in [5.74, 6) is -0.00845. The number of benzene rings is 2. The van der Waals surface area contributed by atoms with Crippen LogP contribution in [0.15, 0.2) is 58.5 Å². The van der Waals surface area contributed by atoms with Gasteiger partial charge in [-0.2, -0.15) is 8.42 Å². The Bertz CT molecular complexity index is 764. The predicted octanol–water partition coefficient (Wildman–Crippen LogP) is 3.70. The molecule has 6 nitrogen and oxygen atoms in total. The molecular weight excluding hydrogens is 278 g/mol. The average molecular weight is 289 g/mol. The van der Waals surface area contributed by atoms with Crippen molar-refractivity contribution in [3.8, 4) is 5.75 Å². The van der Waals surface area contributed by atoms with Crippen LogP contribution >= 0.6 is 0 Å². The number of azide groups is 1. The van der Waals surface area contributed by atoms with Gasteiger partial charge in [-0.05, 0) is 36.7 Å². The van der Waals surface area contributed by atoms with Crippen molar-refractivity contribution in [1.29, 1.82) is 0 Å². The number of para-hydroxylation sites is 1. The number of rotatable bonds is 4. The number of nitrogens with zero attached hydrogens (tertiary/aromatic N) is 3. The summed E-state index contributed by atoms with van der Waals surface area (Å²) in [6, 6.07) is 12.4. The second-order valence-corrected chi connectivity index (χ2v) is 5.55. The Morgan fingerprint density at radius 1 is 1.10 bits per heavy atom. The molecule has 0 amide bonds. The molecule has 0 heterocycles. The first-order chi connectivity index (χ1) is 9.53. The van der Waals surface area contributed by atoms with Gasteiger partial charge in [-0.1, -0.05) is 34.9 Å². The van der Waals surface area contributed by atoms with Crippen molar-refractivity contribution in [3.63, 3.8) is 0 Å². The first kappa shape index (κ1) is 13.9. The van der Waals surface area contributed by atoms with E-state index in [0.717, 1.165) is 5.56 Å². The van der Waals surface area contributed by atoms with Gasteiger partial charge in [0, 0.05) is 4.91 Å². The molecule has 0 aliphatic rings. The van der Waals surface area contributed by atoms with E-state index in [-0.39, 0.29) is 16.3 Å². The SMILES string of the molecule is Cc1ccc(S(=O)(=O)Oc2ccccc2N=[N+]=[N-])cc1. The van der Waals surface area contributed by atoms with Gasteiger partial charge >= 0.3 is 10.1 Å². The number of hydrogen-bond acceptors (Lipinski definition) is 4. The largest absolute Gasteiger partial charge is 0.378 e. The summed E-state index contributed by atoms with van der Waals surface area (Å²) in [7, 11) is -3.95. The van der Waals surface area contributed by atoms with Crippen molar-refractivity contribution in [2.75, 3.05) is 0 Å². The predicted molar refractivity (Wildman–Crippen MR) is 74.2 cm³/mol. The van der Waals surface area contributed by atoms with E-state index in [0.29, 0.717) is 0 Å². The highest BCUT2D eigenvalue weighted by atomic mass is 32.2.